The molecular formula is C14H9BrIN3O4. The average Bonchev–Trinajstić information content (AvgIpc) is 2.50. The lowest BCUT2D eigenvalue weighted by atomic mass is 10.2. The Kier molecular flexibility index (Phi) is 5.66. The number of hydrogen-bond donors (Lipinski definition) is 2. The van der Waals surface area contributed by atoms with Crippen LogP contribution in [0.15, 0.2) is 46.0 Å². The van der Waals surface area contributed by atoms with Crippen LogP contribution >= 0.6 is 38.5 Å². The molecule has 0 bridgehead atoms. The van der Waals surface area contributed by atoms with Gasteiger partial charge in [-0.2, -0.15) is 5.10 Å². The van der Waals surface area contributed by atoms with Crippen molar-refractivity contribution in [1.82, 2.24) is 5.43 Å². The Morgan fingerprint density at radius 2 is 2.13 bits per heavy atom. The number of nitrogens with zero attached hydrogens (tertiary/aromatic N) is 2. The standard InChI is InChI=1S/C14H9BrIN3O4/c15-12-6-11(19(22)23)5-9(13(12)20)7-17-18-14(21)8-2-1-3-10(16)4-8/h1-7,20H,(H,18,21)/b17-7-. The van der Waals surface area contributed by atoms with E-state index in [0.29, 0.717) is 5.56 Å². The van der Waals surface area contributed by atoms with Crippen LogP contribution in [-0.2, 0) is 0 Å². The molecule has 2 aromatic carbocycles. The van der Waals surface area contributed by atoms with Crippen LogP contribution in [0.3, 0.4) is 0 Å². The molecule has 9 heteroatoms. The third-order valence-corrected chi connectivity index (χ3v) is 4.02. The molecule has 1 amide bonds. The number of phenolic OH excluding ortho intramolecular Hbond substituents is 1. The van der Waals surface area contributed by atoms with E-state index in [0.717, 1.165) is 15.9 Å². The molecule has 0 fully saturated rings. The number of carbonyl (C=O) groups excluding carboxylic acids is 1. The molecule has 0 aliphatic carbocycles. The van der Waals surface area contributed by atoms with E-state index in [2.05, 4.69) is 49.0 Å². The number of aromatic hydroxyl groups is 1. The van der Waals surface area contributed by atoms with E-state index in [4.69, 9.17) is 0 Å². The van der Waals surface area contributed by atoms with Crippen LogP contribution in [0.2, 0.25) is 0 Å². The van der Waals surface area contributed by atoms with Crippen LogP contribution in [0.25, 0.3) is 0 Å². The van der Waals surface area contributed by atoms with Crippen molar-refractivity contribution in [3.8, 4) is 5.75 Å². The normalized spacial score (nSPS) is 10.7. The molecule has 7 nitrogen and oxygen atoms in total. The van der Waals surface area contributed by atoms with E-state index >= 15 is 0 Å². The van der Waals surface area contributed by atoms with Gasteiger partial charge in [-0.15, -0.1) is 0 Å². The quantitative estimate of drug-likeness (QED) is 0.297. The minimum Gasteiger partial charge on any atom is -0.506 e. The lowest BCUT2D eigenvalue weighted by Gasteiger charge is -2.03. The van der Waals surface area contributed by atoms with Crippen molar-refractivity contribution in [2.24, 2.45) is 5.10 Å². The maximum Gasteiger partial charge on any atom is 0.271 e. The van der Waals surface area contributed by atoms with Crippen molar-refractivity contribution in [2.75, 3.05) is 0 Å². The number of hydrogen-bond acceptors (Lipinski definition) is 5. The summed E-state index contributed by atoms with van der Waals surface area (Å²) in [5.74, 6) is -0.633. The molecule has 0 aliphatic heterocycles. The highest BCUT2D eigenvalue weighted by atomic mass is 127. The average molecular weight is 490 g/mol. The molecule has 0 saturated heterocycles. The van der Waals surface area contributed by atoms with Gasteiger partial charge in [-0.25, -0.2) is 5.43 Å². The van der Waals surface area contributed by atoms with E-state index in [1.54, 1.807) is 18.2 Å². The summed E-state index contributed by atoms with van der Waals surface area (Å²) in [5.41, 5.74) is 2.63. The molecule has 0 saturated carbocycles. The van der Waals surface area contributed by atoms with E-state index in [1.165, 1.54) is 6.07 Å². The van der Waals surface area contributed by atoms with Crippen LogP contribution in [0.1, 0.15) is 15.9 Å². The summed E-state index contributed by atoms with van der Waals surface area (Å²) in [6, 6.07) is 9.24. The number of nitrogens with one attached hydrogen (secondary N) is 1. The monoisotopic (exact) mass is 489 g/mol. The molecule has 0 spiro atoms. The molecule has 2 N–H and O–H groups in total. The molecule has 0 atom stereocenters. The second-order valence-electron chi connectivity index (χ2n) is 4.33. The second-order valence-corrected chi connectivity index (χ2v) is 6.43. The predicted molar refractivity (Wildman–Crippen MR) is 96.7 cm³/mol. The third-order valence-electron chi connectivity index (χ3n) is 2.75. The molecular weight excluding hydrogens is 481 g/mol. The number of amides is 1. The van der Waals surface area contributed by atoms with Gasteiger partial charge < -0.3 is 5.11 Å². The Morgan fingerprint density at radius 1 is 1.39 bits per heavy atom. The summed E-state index contributed by atoms with van der Waals surface area (Å²) >= 11 is 5.11. The van der Waals surface area contributed by atoms with Gasteiger partial charge in [-0.05, 0) is 56.7 Å². The Labute approximate surface area is 152 Å². The van der Waals surface area contributed by atoms with Crippen molar-refractivity contribution in [2.45, 2.75) is 0 Å². The number of phenols is 1. The fourth-order valence-corrected chi connectivity index (χ4v) is 2.67. The zero-order valence-corrected chi connectivity index (χ0v) is 15.1. The number of halogens is 2. The number of rotatable bonds is 4. The van der Waals surface area contributed by atoms with Gasteiger partial charge in [0.15, 0.2) is 0 Å². The molecule has 0 aromatic heterocycles. The molecule has 23 heavy (non-hydrogen) atoms. The van der Waals surface area contributed by atoms with Gasteiger partial charge in [0, 0.05) is 26.8 Å². The molecule has 0 radical (unpaired) electrons. The zero-order chi connectivity index (χ0) is 17.0. The third kappa shape index (κ3) is 4.48. The van der Waals surface area contributed by atoms with Gasteiger partial charge in [0.05, 0.1) is 15.6 Å². The number of nitro benzene ring substituents is 1. The molecule has 0 aliphatic rings. The topological polar surface area (TPSA) is 105 Å². The highest BCUT2D eigenvalue weighted by Gasteiger charge is 2.13. The van der Waals surface area contributed by atoms with Gasteiger partial charge in [-0.1, -0.05) is 6.07 Å². The number of non-ortho nitro benzene ring substituents is 1. The highest BCUT2D eigenvalue weighted by Crippen LogP contribution is 2.31. The summed E-state index contributed by atoms with van der Waals surface area (Å²) in [5, 5.41) is 24.4. The number of nitro groups is 1. The minimum absolute atomic E-state index is 0.106. The Hall–Kier alpha value is -2.01. The first kappa shape index (κ1) is 17.3. The van der Waals surface area contributed by atoms with Gasteiger partial charge in [-0.3, -0.25) is 14.9 Å². The SMILES string of the molecule is O=C(N/N=C\c1cc([N+](=O)[O-])cc(Br)c1O)c1cccc(I)c1. The van der Waals surface area contributed by atoms with Crippen molar-refractivity contribution < 1.29 is 14.8 Å². The zero-order valence-electron chi connectivity index (χ0n) is 11.4. The second kappa shape index (κ2) is 7.51. The first-order valence-electron chi connectivity index (χ1n) is 6.14. The number of hydrazone groups is 1. The van der Waals surface area contributed by atoms with Crippen molar-refractivity contribution in [3.63, 3.8) is 0 Å². The van der Waals surface area contributed by atoms with Crippen LogP contribution in [0.5, 0.6) is 5.75 Å². The molecule has 2 rings (SSSR count). The Morgan fingerprint density at radius 3 is 2.78 bits per heavy atom. The van der Waals surface area contributed by atoms with Crippen molar-refractivity contribution in [3.05, 3.63) is 65.7 Å². The lowest BCUT2D eigenvalue weighted by molar-refractivity contribution is -0.385. The van der Waals surface area contributed by atoms with E-state index in [-0.39, 0.29) is 21.5 Å². The van der Waals surface area contributed by atoms with Crippen LogP contribution in [-0.4, -0.2) is 22.2 Å². The van der Waals surface area contributed by atoms with Gasteiger partial charge in [0.2, 0.25) is 0 Å². The molecule has 2 aromatic rings. The molecule has 0 heterocycles. The van der Waals surface area contributed by atoms with E-state index < -0.39 is 10.8 Å². The summed E-state index contributed by atoms with van der Waals surface area (Å²) in [6.45, 7) is 0. The molecule has 0 unspecified atom stereocenters. The fourth-order valence-electron chi connectivity index (χ4n) is 1.66. The Bertz CT molecular complexity index is 811. The van der Waals surface area contributed by atoms with E-state index in [9.17, 15) is 20.0 Å². The first-order chi connectivity index (χ1) is 10.9. The first-order valence-corrected chi connectivity index (χ1v) is 8.01. The minimum atomic E-state index is -0.591. The van der Waals surface area contributed by atoms with Crippen LogP contribution in [0, 0.1) is 13.7 Å². The smallest absolute Gasteiger partial charge is 0.271 e. The largest absolute Gasteiger partial charge is 0.506 e. The maximum atomic E-state index is 11.9. The molecule has 118 valence electrons. The summed E-state index contributed by atoms with van der Waals surface area (Å²) in [7, 11) is 0. The van der Waals surface area contributed by atoms with E-state index in [1.807, 2.05) is 6.07 Å². The lowest BCUT2D eigenvalue weighted by Crippen LogP contribution is -2.17. The summed E-state index contributed by atoms with van der Waals surface area (Å²) in [6.07, 6.45) is 1.14. The summed E-state index contributed by atoms with van der Waals surface area (Å²) in [4.78, 5) is 22.1. The van der Waals surface area contributed by atoms with Crippen molar-refractivity contribution in [1.29, 1.82) is 0 Å². The summed E-state index contributed by atoms with van der Waals surface area (Å²) < 4.78 is 1.07. The number of carbonyl (C=O) groups is 1. The Balaban J connectivity index is 2.17. The maximum absolute atomic E-state index is 11.9. The van der Waals surface area contributed by atoms with Crippen LogP contribution in [0.4, 0.5) is 5.69 Å². The van der Waals surface area contributed by atoms with Crippen molar-refractivity contribution >= 4 is 56.3 Å². The van der Waals surface area contributed by atoms with Gasteiger partial charge in [0.25, 0.3) is 11.6 Å². The highest BCUT2D eigenvalue weighted by molar-refractivity contribution is 14.1. The van der Waals surface area contributed by atoms with Gasteiger partial charge >= 0.3 is 0 Å². The predicted octanol–water partition coefficient (Wildman–Crippen LogP) is 3.43. The van der Waals surface area contributed by atoms with Crippen LogP contribution < -0.4 is 5.43 Å². The fraction of sp³-hybridized carbons (Fsp3) is 0. The number of benzene rings is 2. The van der Waals surface area contributed by atoms with Gasteiger partial charge in [0.1, 0.15) is 5.75 Å².